The number of aliphatic carboxylic acids is 1. The molecule has 0 aromatic rings. The van der Waals surface area contributed by atoms with Gasteiger partial charge in [0.15, 0.2) is 0 Å². The van der Waals surface area contributed by atoms with Crippen molar-refractivity contribution in [1.29, 1.82) is 0 Å². The number of rotatable bonds is 4. The van der Waals surface area contributed by atoms with Gasteiger partial charge in [-0.2, -0.15) is 0 Å². The van der Waals surface area contributed by atoms with Crippen molar-refractivity contribution < 1.29 is 19.5 Å². The monoisotopic (exact) mass is 257 g/mol. The van der Waals surface area contributed by atoms with Crippen LogP contribution >= 0.6 is 0 Å². The lowest BCUT2D eigenvalue weighted by molar-refractivity contribution is -0.138. The molecule has 1 aliphatic rings. The summed E-state index contributed by atoms with van der Waals surface area (Å²) in [7, 11) is 0. The van der Waals surface area contributed by atoms with E-state index in [1.165, 1.54) is 6.92 Å². The van der Waals surface area contributed by atoms with Crippen molar-refractivity contribution in [3.63, 3.8) is 0 Å². The Morgan fingerprint density at radius 2 is 1.56 bits per heavy atom. The molecule has 0 saturated carbocycles. The van der Waals surface area contributed by atoms with Gasteiger partial charge < -0.3 is 20.6 Å². The number of carbonyl (C=O) groups is 3. The molecule has 7 nitrogen and oxygen atoms in total. The first-order chi connectivity index (χ1) is 8.41. The Morgan fingerprint density at radius 1 is 1.06 bits per heavy atom. The summed E-state index contributed by atoms with van der Waals surface area (Å²) in [5, 5.41) is 13.3. The van der Waals surface area contributed by atoms with Crippen LogP contribution in [0, 0.1) is 0 Å². The average Bonchev–Trinajstić information content (AvgIpc) is 2.80. The van der Waals surface area contributed by atoms with E-state index in [0.717, 1.165) is 25.9 Å². The fraction of sp³-hybridized carbons (Fsp3) is 0.727. The molecule has 0 aromatic heterocycles. The zero-order valence-corrected chi connectivity index (χ0v) is 10.6. The van der Waals surface area contributed by atoms with Crippen molar-refractivity contribution in [3.05, 3.63) is 0 Å². The van der Waals surface area contributed by atoms with Gasteiger partial charge in [0.2, 0.25) is 5.91 Å². The Kier molecular flexibility index (Phi) is 4.94. The second kappa shape index (κ2) is 6.23. The van der Waals surface area contributed by atoms with Crippen LogP contribution in [0.2, 0.25) is 0 Å². The molecular weight excluding hydrogens is 238 g/mol. The summed E-state index contributed by atoms with van der Waals surface area (Å²) in [6.45, 7) is 4.39. The highest BCUT2D eigenvalue weighted by molar-refractivity contribution is 5.88. The summed E-state index contributed by atoms with van der Waals surface area (Å²) in [6, 6.07) is -2.28. The molecule has 1 fully saturated rings. The second-order valence-corrected chi connectivity index (χ2v) is 4.43. The van der Waals surface area contributed by atoms with Gasteiger partial charge in [0, 0.05) is 13.1 Å². The van der Waals surface area contributed by atoms with Crippen LogP contribution in [0.3, 0.4) is 0 Å². The summed E-state index contributed by atoms with van der Waals surface area (Å²) in [5.41, 5.74) is 0. The number of carboxylic acids is 1. The minimum atomic E-state index is -1.12. The van der Waals surface area contributed by atoms with Crippen LogP contribution in [0.1, 0.15) is 26.7 Å². The Labute approximate surface area is 106 Å². The Bertz CT molecular complexity index is 339. The molecule has 18 heavy (non-hydrogen) atoms. The molecule has 2 atom stereocenters. The average molecular weight is 257 g/mol. The highest BCUT2D eigenvalue weighted by atomic mass is 16.4. The van der Waals surface area contributed by atoms with Gasteiger partial charge in [0.25, 0.3) is 0 Å². The predicted octanol–water partition coefficient (Wildman–Crippen LogP) is -0.230. The van der Waals surface area contributed by atoms with E-state index in [9.17, 15) is 14.4 Å². The van der Waals surface area contributed by atoms with Crippen molar-refractivity contribution in [2.45, 2.75) is 38.8 Å². The largest absolute Gasteiger partial charge is 0.480 e. The minimum absolute atomic E-state index is 0.134. The summed E-state index contributed by atoms with van der Waals surface area (Å²) >= 11 is 0. The van der Waals surface area contributed by atoms with Gasteiger partial charge in [0.1, 0.15) is 12.1 Å². The van der Waals surface area contributed by atoms with Gasteiger partial charge in [0.05, 0.1) is 0 Å². The molecule has 3 amide bonds. The first-order valence-corrected chi connectivity index (χ1v) is 6.00. The molecular formula is C11H19N3O4. The first-order valence-electron chi connectivity index (χ1n) is 6.00. The third-order valence-corrected chi connectivity index (χ3v) is 2.85. The van der Waals surface area contributed by atoms with Crippen molar-refractivity contribution in [1.82, 2.24) is 15.5 Å². The summed E-state index contributed by atoms with van der Waals surface area (Å²) in [6.07, 6.45) is 1.97. The lowest BCUT2D eigenvalue weighted by atomic mass is 10.3. The molecule has 0 aliphatic carbocycles. The Hall–Kier alpha value is -1.79. The van der Waals surface area contributed by atoms with E-state index < -0.39 is 24.1 Å². The number of carbonyl (C=O) groups excluding carboxylic acids is 2. The van der Waals surface area contributed by atoms with Gasteiger partial charge in [-0.05, 0) is 26.7 Å². The molecule has 7 heteroatoms. The van der Waals surface area contributed by atoms with E-state index in [1.807, 2.05) is 0 Å². The maximum Gasteiger partial charge on any atom is 0.325 e. The van der Waals surface area contributed by atoms with Crippen LogP contribution in [0.4, 0.5) is 4.79 Å². The molecule has 3 N–H and O–H groups in total. The Balaban J connectivity index is 2.38. The van der Waals surface area contributed by atoms with Crippen molar-refractivity contribution in [3.8, 4) is 0 Å². The number of carboxylic acid groups (broad SMARTS) is 1. The standard InChI is InChI=1S/C11H19N3O4/c1-7(9(15)14-5-3-4-6-14)12-11(18)13-8(2)10(16)17/h7-8H,3-6H2,1-2H3,(H,16,17)(H2,12,13,18)/t7?,8-/m1/s1. The van der Waals surface area contributed by atoms with Crippen LogP contribution in [-0.2, 0) is 9.59 Å². The zero-order valence-electron chi connectivity index (χ0n) is 10.6. The van der Waals surface area contributed by atoms with Crippen molar-refractivity contribution in [2.24, 2.45) is 0 Å². The van der Waals surface area contributed by atoms with Crippen LogP contribution in [0.15, 0.2) is 0 Å². The molecule has 1 unspecified atom stereocenters. The van der Waals surface area contributed by atoms with Crippen molar-refractivity contribution >= 4 is 17.9 Å². The fourth-order valence-corrected chi connectivity index (χ4v) is 1.77. The summed E-state index contributed by atoms with van der Waals surface area (Å²) in [5.74, 6) is -1.26. The van der Waals surface area contributed by atoms with Crippen LogP contribution in [0.25, 0.3) is 0 Å². The summed E-state index contributed by atoms with van der Waals surface area (Å²) < 4.78 is 0. The van der Waals surface area contributed by atoms with E-state index in [1.54, 1.807) is 11.8 Å². The highest BCUT2D eigenvalue weighted by Gasteiger charge is 2.25. The van der Waals surface area contributed by atoms with Gasteiger partial charge >= 0.3 is 12.0 Å². The van der Waals surface area contributed by atoms with Crippen LogP contribution in [0.5, 0.6) is 0 Å². The molecule has 0 aromatic carbocycles. The molecule has 0 radical (unpaired) electrons. The smallest absolute Gasteiger partial charge is 0.325 e. The molecule has 0 spiro atoms. The molecule has 0 bridgehead atoms. The van der Waals surface area contributed by atoms with Crippen LogP contribution in [-0.4, -0.2) is 53.1 Å². The molecule has 1 heterocycles. The zero-order chi connectivity index (χ0) is 13.7. The topological polar surface area (TPSA) is 98.7 Å². The molecule has 1 saturated heterocycles. The van der Waals surface area contributed by atoms with Gasteiger partial charge in [-0.1, -0.05) is 0 Å². The number of amides is 3. The van der Waals surface area contributed by atoms with Gasteiger partial charge in [-0.15, -0.1) is 0 Å². The third-order valence-electron chi connectivity index (χ3n) is 2.85. The quantitative estimate of drug-likeness (QED) is 0.647. The number of urea groups is 1. The predicted molar refractivity (Wildman–Crippen MR) is 64.0 cm³/mol. The van der Waals surface area contributed by atoms with E-state index in [2.05, 4.69) is 10.6 Å². The molecule has 102 valence electrons. The van der Waals surface area contributed by atoms with Crippen molar-refractivity contribution in [2.75, 3.05) is 13.1 Å². The normalized spacial score (nSPS) is 18.0. The van der Waals surface area contributed by atoms with Crippen LogP contribution < -0.4 is 10.6 Å². The number of hydrogen-bond acceptors (Lipinski definition) is 3. The number of likely N-dealkylation sites (tertiary alicyclic amines) is 1. The third kappa shape index (κ3) is 3.90. The lowest BCUT2D eigenvalue weighted by Crippen LogP contribution is -2.52. The van der Waals surface area contributed by atoms with E-state index in [-0.39, 0.29) is 5.91 Å². The fourth-order valence-electron chi connectivity index (χ4n) is 1.77. The maximum atomic E-state index is 11.9. The van der Waals surface area contributed by atoms with Gasteiger partial charge in [-0.3, -0.25) is 9.59 Å². The number of nitrogens with zero attached hydrogens (tertiary/aromatic N) is 1. The first kappa shape index (κ1) is 14.3. The highest BCUT2D eigenvalue weighted by Crippen LogP contribution is 2.08. The Morgan fingerprint density at radius 3 is 2.06 bits per heavy atom. The number of hydrogen-bond donors (Lipinski definition) is 3. The molecule has 1 rings (SSSR count). The second-order valence-electron chi connectivity index (χ2n) is 4.43. The van der Waals surface area contributed by atoms with E-state index >= 15 is 0 Å². The lowest BCUT2D eigenvalue weighted by Gasteiger charge is -2.21. The van der Waals surface area contributed by atoms with Gasteiger partial charge in [-0.25, -0.2) is 4.79 Å². The maximum absolute atomic E-state index is 11.9. The van der Waals surface area contributed by atoms with E-state index in [4.69, 9.17) is 5.11 Å². The molecule has 1 aliphatic heterocycles. The van der Waals surface area contributed by atoms with E-state index in [0.29, 0.717) is 0 Å². The summed E-state index contributed by atoms with van der Waals surface area (Å²) in [4.78, 5) is 35.5. The minimum Gasteiger partial charge on any atom is -0.480 e. The SMILES string of the molecule is CC(NC(=O)N[C@H](C)C(=O)O)C(=O)N1CCCC1. The number of nitrogens with one attached hydrogen (secondary N) is 2.